The molecule has 32 heavy (non-hydrogen) atoms. The second kappa shape index (κ2) is 9.62. The number of thiazole rings is 1. The van der Waals surface area contributed by atoms with Gasteiger partial charge in [0, 0.05) is 6.54 Å². The minimum absolute atomic E-state index is 0.315. The highest BCUT2D eigenvalue weighted by Gasteiger charge is 2.15. The van der Waals surface area contributed by atoms with Crippen LogP contribution in [0.5, 0.6) is 11.5 Å². The molecule has 0 saturated heterocycles. The van der Waals surface area contributed by atoms with Gasteiger partial charge in [-0.2, -0.15) is 4.99 Å². The number of aromatic nitrogens is 1. The van der Waals surface area contributed by atoms with Crippen molar-refractivity contribution >= 4 is 33.4 Å². The largest absolute Gasteiger partial charge is 0.462 e. The Bertz CT molecular complexity index is 1340. The predicted octanol–water partition coefficient (Wildman–Crippen LogP) is 5.43. The van der Waals surface area contributed by atoms with Gasteiger partial charge in [0.1, 0.15) is 11.5 Å². The maximum absolute atomic E-state index is 13.1. The van der Waals surface area contributed by atoms with Crippen LogP contribution in [-0.2, 0) is 11.3 Å². The average Bonchev–Trinajstić information content (AvgIpc) is 3.16. The molecule has 1 heterocycles. The maximum atomic E-state index is 13.1. The van der Waals surface area contributed by atoms with Crippen LogP contribution in [0.1, 0.15) is 34.6 Å². The van der Waals surface area contributed by atoms with Crippen LogP contribution in [0.3, 0.4) is 0 Å². The lowest BCUT2D eigenvalue weighted by molar-refractivity contribution is 0.0526. The minimum atomic E-state index is -0.393. The van der Waals surface area contributed by atoms with Crippen molar-refractivity contribution in [3.63, 3.8) is 0 Å². The molecule has 0 aliphatic heterocycles. The van der Waals surface area contributed by atoms with Crippen LogP contribution in [0.25, 0.3) is 10.2 Å². The van der Waals surface area contributed by atoms with E-state index in [1.54, 1.807) is 37.3 Å². The highest BCUT2D eigenvalue weighted by atomic mass is 32.1. The first-order valence-electron chi connectivity index (χ1n) is 10.3. The molecule has 0 atom stereocenters. The molecule has 0 fully saturated rings. The fourth-order valence-electron chi connectivity index (χ4n) is 3.30. The first-order chi connectivity index (χ1) is 15.6. The maximum Gasteiger partial charge on any atom is 0.338 e. The molecule has 1 aromatic heterocycles. The SMILES string of the molecule is CCOC(=O)c1ccc2c(c1)sc(=NC(=O)c1ccccc1Oc1ccccc1)n2CC. The summed E-state index contributed by atoms with van der Waals surface area (Å²) in [6, 6.07) is 21.7. The molecule has 7 heteroatoms. The average molecular weight is 447 g/mol. The third-order valence-electron chi connectivity index (χ3n) is 4.80. The number of para-hydroxylation sites is 2. The Labute approximate surface area is 189 Å². The summed E-state index contributed by atoms with van der Waals surface area (Å²) in [6.07, 6.45) is 0. The van der Waals surface area contributed by atoms with Crippen molar-refractivity contribution in [1.29, 1.82) is 0 Å². The lowest BCUT2D eigenvalue weighted by Crippen LogP contribution is -2.16. The summed E-state index contributed by atoms with van der Waals surface area (Å²) in [7, 11) is 0. The highest BCUT2D eigenvalue weighted by Crippen LogP contribution is 2.26. The van der Waals surface area contributed by atoms with Gasteiger partial charge in [-0.15, -0.1) is 0 Å². The number of ether oxygens (including phenoxy) is 2. The van der Waals surface area contributed by atoms with E-state index in [4.69, 9.17) is 9.47 Å². The molecule has 3 aromatic carbocycles. The van der Waals surface area contributed by atoms with Gasteiger partial charge in [-0.05, 0) is 56.3 Å². The Morgan fingerprint density at radius 1 is 0.969 bits per heavy atom. The summed E-state index contributed by atoms with van der Waals surface area (Å²) in [4.78, 5) is 30.1. The number of carbonyl (C=O) groups is 2. The number of nitrogens with zero attached hydrogens (tertiary/aromatic N) is 2. The normalized spacial score (nSPS) is 11.5. The van der Waals surface area contributed by atoms with Crippen molar-refractivity contribution in [2.75, 3.05) is 6.61 Å². The minimum Gasteiger partial charge on any atom is -0.462 e. The van der Waals surface area contributed by atoms with E-state index in [0.717, 1.165) is 10.2 Å². The van der Waals surface area contributed by atoms with E-state index in [1.807, 2.05) is 54.0 Å². The van der Waals surface area contributed by atoms with Crippen LogP contribution < -0.4 is 9.54 Å². The second-order valence-corrected chi connectivity index (χ2v) is 7.87. The van der Waals surface area contributed by atoms with Crippen molar-refractivity contribution in [1.82, 2.24) is 4.57 Å². The van der Waals surface area contributed by atoms with E-state index < -0.39 is 5.91 Å². The molecule has 0 spiro atoms. The van der Waals surface area contributed by atoms with Crippen LogP contribution >= 0.6 is 11.3 Å². The lowest BCUT2D eigenvalue weighted by atomic mass is 10.2. The molecule has 1 amide bonds. The van der Waals surface area contributed by atoms with Crippen molar-refractivity contribution < 1.29 is 19.1 Å². The molecule has 0 saturated carbocycles. The Hall–Kier alpha value is -3.71. The zero-order chi connectivity index (χ0) is 22.5. The van der Waals surface area contributed by atoms with E-state index in [-0.39, 0.29) is 5.97 Å². The third kappa shape index (κ3) is 4.48. The van der Waals surface area contributed by atoms with Crippen molar-refractivity contribution in [2.45, 2.75) is 20.4 Å². The third-order valence-corrected chi connectivity index (χ3v) is 5.84. The van der Waals surface area contributed by atoms with Crippen molar-refractivity contribution in [2.24, 2.45) is 4.99 Å². The second-order valence-electron chi connectivity index (χ2n) is 6.86. The topological polar surface area (TPSA) is 69.9 Å². The van der Waals surface area contributed by atoms with E-state index in [0.29, 0.717) is 40.6 Å². The van der Waals surface area contributed by atoms with Crippen molar-refractivity contribution in [3.8, 4) is 11.5 Å². The van der Waals surface area contributed by atoms with Crippen LogP contribution in [0.2, 0.25) is 0 Å². The fourth-order valence-corrected chi connectivity index (χ4v) is 4.43. The number of hydrogen-bond donors (Lipinski definition) is 0. The first kappa shape index (κ1) is 21.5. The first-order valence-corrected chi connectivity index (χ1v) is 11.1. The summed E-state index contributed by atoms with van der Waals surface area (Å²) < 4.78 is 13.8. The molecule has 4 aromatic rings. The van der Waals surface area contributed by atoms with Crippen LogP contribution in [-0.4, -0.2) is 23.1 Å². The predicted molar refractivity (Wildman–Crippen MR) is 124 cm³/mol. The smallest absolute Gasteiger partial charge is 0.338 e. The highest BCUT2D eigenvalue weighted by molar-refractivity contribution is 7.16. The molecule has 0 unspecified atom stereocenters. The monoisotopic (exact) mass is 446 g/mol. The zero-order valence-corrected chi connectivity index (χ0v) is 18.6. The summed E-state index contributed by atoms with van der Waals surface area (Å²) in [5, 5.41) is 0. The molecule has 0 bridgehead atoms. The summed E-state index contributed by atoms with van der Waals surface area (Å²) in [5.74, 6) is 0.328. The number of carbonyl (C=O) groups excluding carboxylic acids is 2. The van der Waals surface area contributed by atoms with Gasteiger partial charge in [0.15, 0.2) is 4.80 Å². The van der Waals surface area contributed by atoms with Gasteiger partial charge in [-0.1, -0.05) is 41.7 Å². The summed E-state index contributed by atoms with van der Waals surface area (Å²) >= 11 is 1.36. The number of aryl methyl sites for hydroxylation is 1. The Morgan fingerprint density at radius 3 is 2.47 bits per heavy atom. The zero-order valence-electron chi connectivity index (χ0n) is 17.8. The van der Waals surface area contributed by atoms with Crippen molar-refractivity contribution in [3.05, 3.63) is 88.7 Å². The molecule has 0 radical (unpaired) electrons. The van der Waals surface area contributed by atoms with Gasteiger partial charge in [-0.25, -0.2) is 4.79 Å². The van der Waals surface area contributed by atoms with Gasteiger partial charge in [0.25, 0.3) is 5.91 Å². The Kier molecular flexibility index (Phi) is 6.47. The number of hydrogen-bond acceptors (Lipinski definition) is 5. The molecule has 4 rings (SSSR count). The molecule has 162 valence electrons. The van der Waals surface area contributed by atoms with E-state index >= 15 is 0 Å². The number of amides is 1. The molecular weight excluding hydrogens is 424 g/mol. The Balaban J connectivity index is 1.73. The molecule has 0 N–H and O–H groups in total. The number of benzene rings is 3. The fraction of sp³-hybridized carbons (Fsp3) is 0.160. The number of esters is 1. The summed E-state index contributed by atoms with van der Waals surface area (Å²) in [5.41, 5.74) is 1.76. The van der Waals surface area contributed by atoms with E-state index in [9.17, 15) is 9.59 Å². The van der Waals surface area contributed by atoms with Gasteiger partial charge in [0.05, 0.1) is 28.0 Å². The molecule has 0 aliphatic rings. The standard InChI is InChI=1S/C25H22N2O4S/c1-3-27-20-15-14-17(24(29)30-4-2)16-22(20)32-25(27)26-23(28)19-12-8-9-13-21(19)31-18-10-6-5-7-11-18/h5-16H,3-4H2,1-2H3. The summed E-state index contributed by atoms with van der Waals surface area (Å²) in [6.45, 7) is 4.71. The number of fused-ring (bicyclic) bond motifs is 1. The van der Waals surface area contributed by atoms with Gasteiger partial charge in [0.2, 0.25) is 0 Å². The molecule has 6 nitrogen and oxygen atoms in total. The van der Waals surface area contributed by atoms with Gasteiger partial charge in [-0.3, -0.25) is 4.79 Å². The van der Waals surface area contributed by atoms with E-state index in [1.165, 1.54) is 11.3 Å². The van der Waals surface area contributed by atoms with Crippen LogP contribution in [0.15, 0.2) is 77.8 Å². The lowest BCUT2D eigenvalue weighted by Gasteiger charge is -2.08. The quantitative estimate of drug-likeness (QED) is 0.370. The van der Waals surface area contributed by atoms with Gasteiger partial charge < -0.3 is 14.0 Å². The van der Waals surface area contributed by atoms with Gasteiger partial charge >= 0.3 is 5.97 Å². The Morgan fingerprint density at radius 2 is 1.72 bits per heavy atom. The molecule has 0 aliphatic carbocycles. The van der Waals surface area contributed by atoms with Crippen LogP contribution in [0, 0.1) is 0 Å². The van der Waals surface area contributed by atoms with E-state index in [2.05, 4.69) is 4.99 Å². The molecular formula is C25H22N2O4S. The number of rotatable bonds is 6. The van der Waals surface area contributed by atoms with Crippen LogP contribution in [0.4, 0.5) is 0 Å².